The largest absolute Gasteiger partial charge is 0.416 e. The molecule has 0 heterocycles. The smallest absolute Gasteiger partial charge is 0.307 e. The molecule has 0 saturated carbocycles. The van der Waals surface area contributed by atoms with Crippen molar-refractivity contribution < 1.29 is 39.6 Å². The Labute approximate surface area is 155 Å². The van der Waals surface area contributed by atoms with Crippen LogP contribution in [0.1, 0.15) is 16.7 Å². The number of hydrogen-bond acceptors (Lipinski definition) is 3. The molecule has 0 aromatic heterocycles. The van der Waals surface area contributed by atoms with Gasteiger partial charge in [-0.05, 0) is 37.3 Å². The molecule has 2 rings (SSSR count). The molecule has 2 aromatic carbocycles. The van der Waals surface area contributed by atoms with Crippen LogP contribution in [0, 0.1) is 6.92 Å². The topological polar surface area (TPSA) is 75.3 Å². The number of aryl methyl sites for hydroxylation is 1. The number of amides is 2. The summed E-state index contributed by atoms with van der Waals surface area (Å²) >= 11 is 0. The van der Waals surface area contributed by atoms with Gasteiger partial charge in [0.2, 0.25) is 0 Å². The average molecular weight is 426 g/mol. The van der Waals surface area contributed by atoms with E-state index in [0.717, 1.165) is 5.56 Å². The lowest BCUT2D eigenvalue weighted by Crippen LogP contribution is -2.34. The molecule has 0 aliphatic rings. The standard InChI is InChI=1S/C16H12F6N2O3S/c1-9-2-4-13(5-3-9)28(26,27)24-14(25)23-12-7-10(15(17,18)19)6-11(8-12)16(20,21)22/h2-8H,1H3,(H2,23,24,25). The molecule has 2 amide bonds. The van der Waals surface area contributed by atoms with Crippen molar-refractivity contribution in [3.8, 4) is 0 Å². The van der Waals surface area contributed by atoms with Gasteiger partial charge < -0.3 is 5.32 Å². The van der Waals surface area contributed by atoms with E-state index in [1.807, 2.05) is 0 Å². The van der Waals surface area contributed by atoms with Crippen molar-refractivity contribution in [2.45, 2.75) is 24.2 Å². The van der Waals surface area contributed by atoms with E-state index in [1.165, 1.54) is 29.0 Å². The lowest BCUT2D eigenvalue weighted by atomic mass is 10.1. The van der Waals surface area contributed by atoms with Gasteiger partial charge in [0.25, 0.3) is 10.0 Å². The predicted octanol–water partition coefficient (Wildman–Crippen LogP) is 4.54. The Hall–Kier alpha value is -2.76. The molecule has 5 nitrogen and oxygen atoms in total. The van der Waals surface area contributed by atoms with E-state index in [4.69, 9.17) is 0 Å². The van der Waals surface area contributed by atoms with E-state index < -0.39 is 45.2 Å². The molecular weight excluding hydrogens is 414 g/mol. The molecule has 0 aliphatic carbocycles. The Morgan fingerprint density at radius 3 is 1.75 bits per heavy atom. The predicted molar refractivity (Wildman–Crippen MR) is 87.0 cm³/mol. The zero-order valence-corrected chi connectivity index (χ0v) is 14.8. The molecule has 12 heteroatoms. The van der Waals surface area contributed by atoms with Crippen molar-refractivity contribution in [1.29, 1.82) is 0 Å². The van der Waals surface area contributed by atoms with Gasteiger partial charge in [-0.1, -0.05) is 17.7 Å². The number of anilines is 1. The normalized spacial score (nSPS) is 12.5. The molecular formula is C16H12F6N2O3S. The molecule has 0 fully saturated rings. The second-order valence-electron chi connectivity index (χ2n) is 5.67. The van der Waals surface area contributed by atoms with Crippen LogP contribution in [0.4, 0.5) is 36.8 Å². The second kappa shape index (κ2) is 7.34. The summed E-state index contributed by atoms with van der Waals surface area (Å²) in [4.78, 5) is 11.5. The molecule has 0 unspecified atom stereocenters. The average Bonchev–Trinajstić information content (AvgIpc) is 2.52. The van der Waals surface area contributed by atoms with E-state index in [1.54, 1.807) is 12.2 Å². The van der Waals surface area contributed by atoms with Gasteiger partial charge in [0.1, 0.15) is 0 Å². The lowest BCUT2D eigenvalue weighted by Gasteiger charge is -2.15. The fourth-order valence-electron chi connectivity index (χ4n) is 2.08. The molecule has 2 aromatic rings. The summed E-state index contributed by atoms with van der Waals surface area (Å²) in [5.74, 6) is 0. The van der Waals surface area contributed by atoms with Crippen LogP contribution in [-0.2, 0) is 22.4 Å². The number of benzene rings is 2. The molecule has 0 saturated heterocycles. The summed E-state index contributed by atoms with van der Waals surface area (Å²) in [7, 11) is -4.38. The van der Waals surface area contributed by atoms with Crippen LogP contribution < -0.4 is 10.0 Å². The Balaban J connectivity index is 2.29. The molecule has 0 radical (unpaired) electrons. The van der Waals surface area contributed by atoms with E-state index in [2.05, 4.69) is 0 Å². The van der Waals surface area contributed by atoms with Crippen LogP contribution in [0.3, 0.4) is 0 Å². The molecule has 28 heavy (non-hydrogen) atoms. The van der Waals surface area contributed by atoms with Gasteiger partial charge in [0.15, 0.2) is 0 Å². The summed E-state index contributed by atoms with van der Waals surface area (Å²) in [6, 6.07) is 4.11. The SMILES string of the molecule is Cc1ccc(S(=O)(=O)NC(=O)Nc2cc(C(F)(F)F)cc(C(F)(F)F)c2)cc1. The number of nitrogens with one attached hydrogen (secondary N) is 2. The summed E-state index contributed by atoms with van der Waals surface area (Å²) in [5, 5.41) is 1.67. The van der Waals surface area contributed by atoms with E-state index in [0.29, 0.717) is 0 Å². The highest BCUT2D eigenvalue weighted by Gasteiger charge is 2.37. The first-order valence-electron chi connectivity index (χ1n) is 7.38. The van der Waals surface area contributed by atoms with Crippen LogP contribution in [0.5, 0.6) is 0 Å². The van der Waals surface area contributed by atoms with Gasteiger partial charge in [0, 0.05) is 5.69 Å². The first-order valence-corrected chi connectivity index (χ1v) is 8.87. The van der Waals surface area contributed by atoms with Gasteiger partial charge >= 0.3 is 18.4 Å². The zero-order valence-electron chi connectivity index (χ0n) is 13.9. The molecule has 152 valence electrons. The number of hydrogen-bond donors (Lipinski definition) is 2. The monoisotopic (exact) mass is 426 g/mol. The quantitative estimate of drug-likeness (QED) is 0.708. The highest BCUT2D eigenvalue weighted by molar-refractivity contribution is 7.90. The zero-order chi connectivity index (χ0) is 21.3. The first-order chi connectivity index (χ1) is 12.7. The first kappa shape index (κ1) is 21.5. The third-order valence-corrected chi connectivity index (χ3v) is 4.75. The maximum absolute atomic E-state index is 12.8. The van der Waals surface area contributed by atoms with Crippen molar-refractivity contribution >= 4 is 21.7 Å². The van der Waals surface area contributed by atoms with Crippen LogP contribution >= 0.6 is 0 Å². The second-order valence-corrected chi connectivity index (χ2v) is 7.35. The minimum Gasteiger partial charge on any atom is -0.307 e. The van der Waals surface area contributed by atoms with Crippen LogP contribution in [0.2, 0.25) is 0 Å². The molecule has 2 N–H and O–H groups in total. The van der Waals surface area contributed by atoms with Crippen molar-refractivity contribution in [1.82, 2.24) is 4.72 Å². The summed E-state index contributed by atoms with van der Waals surface area (Å²) in [6.07, 6.45) is -10.2. The minimum absolute atomic E-state index is 0.119. The van der Waals surface area contributed by atoms with E-state index in [-0.39, 0.29) is 23.1 Å². The fourth-order valence-corrected chi connectivity index (χ4v) is 2.99. The third-order valence-electron chi connectivity index (χ3n) is 3.40. The third kappa shape index (κ3) is 5.38. The number of halogens is 6. The van der Waals surface area contributed by atoms with Crippen molar-refractivity contribution in [2.75, 3.05) is 5.32 Å². The summed E-state index contributed by atoms with van der Waals surface area (Å²) in [5.41, 5.74) is -3.45. The van der Waals surface area contributed by atoms with E-state index >= 15 is 0 Å². The Morgan fingerprint density at radius 2 is 1.32 bits per heavy atom. The van der Waals surface area contributed by atoms with E-state index in [9.17, 15) is 39.6 Å². The lowest BCUT2D eigenvalue weighted by molar-refractivity contribution is -0.143. The Morgan fingerprint density at radius 1 is 0.857 bits per heavy atom. The highest BCUT2D eigenvalue weighted by atomic mass is 32.2. The number of carbonyl (C=O) groups is 1. The minimum atomic E-state index is -5.11. The summed E-state index contributed by atoms with van der Waals surface area (Å²) in [6.45, 7) is 1.68. The van der Waals surface area contributed by atoms with Gasteiger partial charge in [-0.3, -0.25) is 0 Å². The van der Waals surface area contributed by atoms with Crippen molar-refractivity contribution in [2.24, 2.45) is 0 Å². The number of sulfonamides is 1. The molecule has 0 spiro atoms. The Bertz CT molecular complexity index is 951. The Kier molecular flexibility index (Phi) is 5.64. The number of urea groups is 1. The van der Waals surface area contributed by atoms with Crippen molar-refractivity contribution in [3.63, 3.8) is 0 Å². The van der Waals surface area contributed by atoms with Crippen LogP contribution in [0.15, 0.2) is 47.4 Å². The molecule has 0 atom stereocenters. The fraction of sp³-hybridized carbons (Fsp3) is 0.188. The maximum atomic E-state index is 12.8. The maximum Gasteiger partial charge on any atom is 0.416 e. The highest BCUT2D eigenvalue weighted by Crippen LogP contribution is 2.37. The summed E-state index contributed by atoms with van der Waals surface area (Å²) < 4.78 is 102. The molecule has 0 aliphatic heterocycles. The van der Waals surface area contributed by atoms with Gasteiger partial charge in [-0.25, -0.2) is 17.9 Å². The van der Waals surface area contributed by atoms with Gasteiger partial charge in [-0.15, -0.1) is 0 Å². The number of rotatable bonds is 3. The number of alkyl halides is 6. The number of carbonyl (C=O) groups excluding carboxylic acids is 1. The van der Waals surface area contributed by atoms with Crippen LogP contribution in [-0.4, -0.2) is 14.4 Å². The van der Waals surface area contributed by atoms with Gasteiger partial charge in [0.05, 0.1) is 16.0 Å². The van der Waals surface area contributed by atoms with Crippen LogP contribution in [0.25, 0.3) is 0 Å². The van der Waals surface area contributed by atoms with Gasteiger partial charge in [-0.2, -0.15) is 26.3 Å². The molecule has 0 bridgehead atoms. The van der Waals surface area contributed by atoms with Crippen molar-refractivity contribution in [3.05, 3.63) is 59.2 Å².